The molecule has 0 spiro atoms. The second-order valence-electron chi connectivity index (χ2n) is 9.10. The molecule has 0 aromatic heterocycles. The van der Waals surface area contributed by atoms with Crippen LogP contribution in [0.25, 0.3) is 0 Å². The fraction of sp³-hybridized carbons (Fsp3) is 0.0882. The molecule has 0 fully saturated rings. The molecule has 5 aromatic carbocycles. The van der Waals surface area contributed by atoms with E-state index >= 15 is 0 Å². The quantitative estimate of drug-likeness (QED) is 0.156. The average Bonchev–Trinajstić information content (AvgIpc) is 2.95. The molecule has 0 aliphatic heterocycles. The molecular weight excluding hydrogens is 450 g/mol. The molecule has 0 unspecified atom stereocenters. The highest BCUT2D eigenvalue weighted by Gasteiger charge is 2.12. The van der Waals surface area contributed by atoms with Crippen molar-refractivity contribution in [2.24, 2.45) is 5.10 Å². The third-order valence-corrected chi connectivity index (χ3v) is 6.32. The van der Waals surface area contributed by atoms with E-state index in [1.165, 1.54) is 22.4 Å². The van der Waals surface area contributed by atoms with Crippen molar-refractivity contribution in [2.45, 2.75) is 20.0 Å². The number of hydrogen-bond donors (Lipinski definition) is 0. The van der Waals surface area contributed by atoms with E-state index in [-0.39, 0.29) is 0 Å². The van der Waals surface area contributed by atoms with E-state index in [2.05, 4.69) is 115 Å². The van der Waals surface area contributed by atoms with Gasteiger partial charge in [0.05, 0.1) is 17.6 Å². The van der Waals surface area contributed by atoms with Gasteiger partial charge in [-0.1, -0.05) is 103 Å². The second-order valence-corrected chi connectivity index (χ2v) is 9.10. The first-order valence-electron chi connectivity index (χ1n) is 12.6. The molecule has 0 atom stereocenters. The summed E-state index contributed by atoms with van der Waals surface area (Å²) in [7, 11) is 0. The Morgan fingerprint density at radius 1 is 0.568 bits per heavy atom. The molecular formula is C34H31N3. The van der Waals surface area contributed by atoms with Crippen molar-refractivity contribution in [3.05, 3.63) is 162 Å². The lowest BCUT2D eigenvalue weighted by molar-refractivity contribution is 0.796. The summed E-state index contributed by atoms with van der Waals surface area (Å²) in [6.07, 6.45) is 1.94. The molecule has 5 rings (SSSR count). The van der Waals surface area contributed by atoms with Crippen molar-refractivity contribution in [1.82, 2.24) is 0 Å². The molecule has 37 heavy (non-hydrogen) atoms. The van der Waals surface area contributed by atoms with E-state index < -0.39 is 0 Å². The SMILES string of the molecule is Cc1cc(/C=N/N(c2ccccc2)c2ccccc2)ccc1N(Cc1ccccc1)Cc1ccccc1. The average molecular weight is 482 g/mol. The van der Waals surface area contributed by atoms with Gasteiger partial charge < -0.3 is 4.90 Å². The first-order chi connectivity index (χ1) is 18.3. The van der Waals surface area contributed by atoms with Gasteiger partial charge >= 0.3 is 0 Å². The number of aryl methyl sites for hydroxylation is 1. The summed E-state index contributed by atoms with van der Waals surface area (Å²) in [6, 6.07) is 48.4. The molecule has 0 saturated carbocycles. The van der Waals surface area contributed by atoms with Gasteiger partial charge in [-0.15, -0.1) is 0 Å². The minimum absolute atomic E-state index is 0.847. The summed E-state index contributed by atoms with van der Waals surface area (Å²) in [5.74, 6) is 0. The van der Waals surface area contributed by atoms with E-state index in [9.17, 15) is 0 Å². The van der Waals surface area contributed by atoms with E-state index in [0.29, 0.717) is 0 Å². The monoisotopic (exact) mass is 481 g/mol. The lowest BCUT2D eigenvalue weighted by Crippen LogP contribution is -2.23. The highest BCUT2D eigenvalue weighted by molar-refractivity contribution is 5.83. The predicted molar refractivity (Wildman–Crippen MR) is 157 cm³/mol. The molecule has 182 valence electrons. The predicted octanol–water partition coefficient (Wildman–Crippen LogP) is 8.37. The molecule has 0 saturated heterocycles. The number of nitrogens with zero attached hydrogens (tertiary/aromatic N) is 3. The third kappa shape index (κ3) is 6.33. The molecule has 0 radical (unpaired) electrons. The Balaban J connectivity index is 1.42. The number of hydrazone groups is 1. The van der Waals surface area contributed by atoms with E-state index in [0.717, 1.165) is 30.0 Å². The molecule has 0 aliphatic rings. The Hall–Kier alpha value is -4.63. The molecule has 3 nitrogen and oxygen atoms in total. The van der Waals surface area contributed by atoms with Crippen molar-refractivity contribution in [3.63, 3.8) is 0 Å². The number of para-hydroxylation sites is 2. The van der Waals surface area contributed by atoms with Crippen LogP contribution in [-0.4, -0.2) is 6.21 Å². The van der Waals surface area contributed by atoms with Crippen LogP contribution in [0.4, 0.5) is 17.1 Å². The molecule has 5 aromatic rings. The van der Waals surface area contributed by atoms with Gasteiger partial charge in [-0.3, -0.25) is 0 Å². The first-order valence-corrected chi connectivity index (χ1v) is 12.6. The Labute approximate surface area is 220 Å². The summed E-state index contributed by atoms with van der Waals surface area (Å²) >= 11 is 0. The zero-order chi connectivity index (χ0) is 25.3. The van der Waals surface area contributed by atoms with Crippen molar-refractivity contribution < 1.29 is 0 Å². The fourth-order valence-corrected chi connectivity index (χ4v) is 4.49. The Morgan fingerprint density at radius 3 is 1.49 bits per heavy atom. The van der Waals surface area contributed by atoms with Crippen LogP contribution in [0.3, 0.4) is 0 Å². The van der Waals surface area contributed by atoms with E-state index in [4.69, 9.17) is 5.10 Å². The van der Waals surface area contributed by atoms with Gasteiger partial charge in [0.15, 0.2) is 0 Å². The first kappa shape index (κ1) is 24.1. The standard InChI is InChI=1S/C34H31N3/c1-28-24-31(25-35-37(32-18-10-4-11-19-32)33-20-12-5-13-21-33)22-23-34(28)36(26-29-14-6-2-7-15-29)27-30-16-8-3-9-17-30/h2-25H,26-27H2,1H3/b35-25+. The van der Waals surface area contributed by atoms with Crippen LogP contribution < -0.4 is 9.91 Å². The van der Waals surface area contributed by atoms with Crippen molar-refractivity contribution >= 4 is 23.3 Å². The lowest BCUT2D eigenvalue weighted by Gasteiger charge is -2.27. The number of rotatable bonds is 9. The maximum Gasteiger partial charge on any atom is 0.0652 e. The summed E-state index contributed by atoms with van der Waals surface area (Å²) in [6.45, 7) is 3.88. The number of anilines is 3. The second kappa shape index (κ2) is 11.9. The maximum absolute atomic E-state index is 4.88. The van der Waals surface area contributed by atoms with Gasteiger partial charge in [-0.2, -0.15) is 5.10 Å². The van der Waals surface area contributed by atoms with Gasteiger partial charge in [0.1, 0.15) is 0 Å². The van der Waals surface area contributed by atoms with E-state index in [1.807, 2.05) is 47.6 Å². The Bertz CT molecular complexity index is 1330. The lowest BCUT2D eigenvalue weighted by atomic mass is 10.1. The van der Waals surface area contributed by atoms with Gasteiger partial charge in [0, 0.05) is 18.8 Å². The highest BCUT2D eigenvalue weighted by Crippen LogP contribution is 2.27. The van der Waals surface area contributed by atoms with Crippen LogP contribution >= 0.6 is 0 Å². The van der Waals surface area contributed by atoms with Gasteiger partial charge in [-0.25, -0.2) is 5.01 Å². The third-order valence-electron chi connectivity index (χ3n) is 6.32. The summed E-state index contributed by atoms with van der Waals surface area (Å²) in [5, 5.41) is 6.85. The molecule has 0 amide bonds. The van der Waals surface area contributed by atoms with Crippen LogP contribution in [0.2, 0.25) is 0 Å². The molecule has 0 aliphatic carbocycles. The smallest absolute Gasteiger partial charge is 0.0652 e. The minimum atomic E-state index is 0.847. The zero-order valence-electron chi connectivity index (χ0n) is 21.1. The van der Waals surface area contributed by atoms with Gasteiger partial charge in [0.2, 0.25) is 0 Å². The molecule has 0 heterocycles. The van der Waals surface area contributed by atoms with E-state index in [1.54, 1.807) is 0 Å². The summed E-state index contributed by atoms with van der Waals surface area (Å²) < 4.78 is 0. The van der Waals surface area contributed by atoms with Crippen molar-refractivity contribution in [1.29, 1.82) is 0 Å². The number of benzene rings is 5. The van der Waals surface area contributed by atoms with Crippen LogP contribution in [0.1, 0.15) is 22.3 Å². The topological polar surface area (TPSA) is 18.8 Å². The highest BCUT2D eigenvalue weighted by atomic mass is 15.5. The molecule has 0 N–H and O–H groups in total. The Kier molecular flexibility index (Phi) is 7.73. The molecule has 0 bridgehead atoms. The normalized spacial score (nSPS) is 10.9. The summed E-state index contributed by atoms with van der Waals surface area (Å²) in [5.41, 5.74) is 8.16. The van der Waals surface area contributed by atoms with Crippen molar-refractivity contribution in [2.75, 3.05) is 9.91 Å². The zero-order valence-corrected chi connectivity index (χ0v) is 21.1. The molecule has 3 heteroatoms. The largest absolute Gasteiger partial charge is 0.363 e. The van der Waals surface area contributed by atoms with Crippen LogP contribution in [0, 0.1) is 6.92 Å². The van der Waals surface area contributed by atoms with Crippen LogP contribution in [-0.2, 0) is 13.1 Å². The van der Waals surface area contributed by atoms with Crippen LogP contribution in [0.5, 0.6) is 0 Å². The maximum atomic E-state index is 4.88. The summed E-state index contributed by atoms with van der Waals surface area (Å²) in [4.78, 5) is 2.45. The van der Waals surface area contributed by atoms with Gasteiger partial charge in [-0.05, 0) is 65.6 Å². The Morgan fingerprint density at radius 2 is 1.03 bits per heavy atom. The fourth-order valence-electron chi connectivity index (χ4n) is 4.49. The number of hydrogen-bond acceptors (Lipinski definition) is 3. The van der Waals surface area contributed by atoms with Gasteiger partial charge in [0.25, 0.3) is 0 Å². The van der Waals surface area contributed by atoms with Crippen molar-refractivity contribution in [3.8, 4) is 0 Å². The minimum Gasteiger partial charge on any atom is -0.363 e. The van der Waals surface area contributed by atoms with Crippen LogP contribution in [0.15, 0.2) is 145 Å².